The summed E-state index contributed by atoms with van der Waals surface area (Å²) >= 11 is 1.46. The lowest BCUT2D eigenvalue weighted by molar-refractivity contribution is 0.0939. The molecule has 3 rings (SSSR count). The monoisotopic (exact) mass is 379 g/mol. The van der Waals surface area contributed by atoms with Gasteiger partial charge < -0.3 is 10.1 Å². The van der Waals surface area contributed by atoms with Gasteiger partial charge in [0, 0.05) is 5.56 Å². The summed E-state index contributed by atoms with van der Waals surface area (Å²) < 4.78 is 5.94. The Hall–Kier alpha value is -2.59. The minimum Gasteiger partial charge on any atom is -0.489 e. The molecular weight excluding hydrogens is 354 g/mol. The van der Waals surface area contributed by atoms with E-state index in [9.17, 15) is 4.79 Å². The van der Waals surface area contributed by atoms with Crippen molar-refractivity contribution in [3.05, 3.63) is 87.1 Å². The Bertz CT molecular complexity index is 902. The summed E-state index contributed by atoms with van der Waals surface area (Å²) in [4.78, 5) is 13.3. The smallest absolute Gasteiger partial charge is 0.261 e. The summed E-state index contributed by atoms with van der Waals surface area (Å²) in [5, 5.41) is 5.12. The van der Waals surface area contributed by atoms with Crippen LogP contribution in [0.3, 0.4) is 0 Å². The van der Waals surface area contributed by atoms with Crippen molar-refractivity contribution in [2.24, 2.45) is 0 Å². The van der Waals surface area contributed by atoms with Crippen molar-refractivity contribution in [1.29, 1.82) is 0 Å². The quantitative estimate of drug-likeness (QED) is 0.561. The molecule has 1 atom stereocenters. The van der Waals surface area contributed by atoms with Crippen LogP contribution in [0.15, 0.2) is 60.0 Å². The highest BCUT2D eigenvalue weighted by Gasteiger charge is 2.15. The predicted molar refractivity (Wildman–Crippen MR) is 112 cm³/mol. The largest absolute Gasteiger partial charge is 0.489 e. The van der Waals surface area contributed by atoms with Crippen LogP contribution in [0, 0.1) is 13.8 Å². The van der Waals surface area contributed by atoms with E-state index in [4.69, 9.17) is 4.74 Å². The Morgan fingerprint density at radius 2 is 1.89 bits per heavy atom. The van der Waals surface area contributed by atoms with Gasteiger partial charge in [0.25, 0.3) is 5.91 Å². The molecule has 27 heavy (non-hydrogen) atoms. The summed E-state index contributed by atoms with van der Waals surface area (Å²) in [6.07, 6.45) is 0.851. The lowest BCUT2D eigenvalue weighted by Gasteiger charge is -2.16. The van der Waals surface area contributed by atoms with Crippen LogP contribution in [0.2, 0.25) is 0 Å². The number of benzene rings is 2. The van der Waals surface area contributed by atoms with Gasteiger partial charge in [0.2, 0.25) is 0 Å². The molecule has 0 aliphatic heterocycles. The Morgan fingerprint density at radius 1 is 1.11 bits per heavy atom. The first-order valence-electron chi connectivity index (χ1n) is 9.20. The standard InChI is InChI=1S/C23H25NO2S/c1-4-20(19-8-6-5-7-9-19)24-23(25)22-13-18(15-27-22)14-26-21-12-16(2)10-11-17(21)3/h5-13,15,20H,4,14H2,1-3H3,(H,24,25). The van der Waals surface area contributed by atoms with Crippen molar-refractivity contribution >= 4 is 17.2 Å². The number of hydrogen-bond donors (Lipinski definition) is 1. The lowest BCUT2D eigenvalue weighted by atomic mass is 10.0. The molecule has 0 aliphatic rings. The molecular formula is C23H25NO2S. The minimum absolute atomic E-state index is 0.0236. The van der Waals surface area contributed by atoms with Crippen molar-refractivity contribution in [1.82, 2.24) is 5.32 Å². The van der Waals surface area contributed by atoms with Crippen LogP contribution < -0.4 is 10.1 Å². The van der Waals surface area contributed by atoms with Gasteiger partial charge in [0.05, 0.1) is 10.9 Å². The summed E-state index contributed by atoms with van der Waals surface area (Å²) in [6.45, 7) is 6.63. The SMILES string of the molecule is CCC(NC(=O)c1cc(COc2cc(C)ccc2C)cs1)c1ccccc1. The van der Waals surface area contributed by atoms with Crippen LogP contribution in [-0.4, -0.2) is 5.91 Å². The molecule has 0 fully saturated rings. The number of thiophene rings is 1. The second-order valence-corrected chi connectivity index (χ2v) is 7.63. The number of carbonyl (C=O) groups excluding carboxylic acids is 1. The number of rotatable bonds is 7. The van der Waals surface area contributed by atoms with Gasteiger partial charge in [-0.05, 0) is 54.5 Å². The number of carbonyl (C=O) groups is 1. The van der Waals surface area contributed by atoms with Crippen LogP contribution in [0.5, 0.6) is 5.75 Å². The molecule has 1 amide bonds. The molecule has 1 unspecified atom stereocenters. The number of hydrogen-bond acceptors (Lipinski definition) is 3. The van der Waals surface area contributed by atoms with Crippen LogP contribution >= 0.6 is 11.3 Å². The Balaban J connectivity index is 1.62. The first-order valence-corrected chi connectivity index (χ1v) is 10.1. The second kappa shape index (κ2) is 8.87. The fraction of sp³-hybridized carbons (Fsp3) is 0.261. The third-order valence-corrected chi connectivity index (χ3v) is 5.51. The van der Waals surface area contributed by atoms with E-state index in [1.54, 1.807) is 0 Å². The minimum atomic E-state index is -0.0336. The van der Waals surface area contributed by atoms with Gasteiger partial charge in [-0.1, -0.05) is 49.4 Å². The van der Waals surface area contributed by atoms with Crippen molar-refractivity contribution < 1.29 is 9.53 Å². The molecule has 0 aliphatic carbocycles. The number of nitrogens with one attached hydrogen (secondary N) is 1. The summed E-state index contributed by atoms with van der Waals surface area (Å²) in [5.41, 5.74) is 4.43. The molecule has 0 spiro atoms. The number of amides is 1. The van der Waals surface area contributed by atoms with E-state index in [-0.39, 0.29) is 11.9 Å². The van der Waals surface area contributed by atoms with Gasteiger partial charge in [-0.15, -0.1) is 11.3 Å². The fourth-order valence-electron chi connectivity index (χ4n) is 2.93. The first kappa shape index (κ1) is 19.2. The third-order valence-electron chi connectivity index (χ3n) is 4.53. The van der Waals surface area contributed by atoms with Crippen LogP contribution in [0.1, 0.15) is 51.3 Å². The molecule has 0 bridgehead atoms. The van der Waals surface area contributed by atoms with E-state index in [0.29, 0.717) is 11.5 Å². The Labute approximate surface area is 165 Å². The normalized spacial score (nSPS) is 11.8. The van der Waals surface area contributed by atoms with Crippen LogP contribution in [0.25, 0.3) is 0 Å². The number of aryl methyl sites for hydroxylation is 2. The molecule has 1 heterocycles. The second-order valence-electron chi connectivity index (χ2n) is 6.72. The highest BCUT2D eigenvalue weighted by molar-refractivity contribution is 7.12. The van der Waals surface area contributed by atoms with Gasteiger partial charge in [-0.3, -0.25) is 4.79 Å². The first-order chi connectivity index (χ1) is 13.1. The zero-order valence-electron chi connectivity index (χ0n) is 16.0. The van der Waals surface area contributed by atoms with Gasteiger partial charge in [-0.2, -0.15) is 0 Å². The maximum absolute atomic E-state index is 12.6. The van der Waals surface area contributed by atoms with Gasteiger partial charge in [0.1, 0.15) is 12.4 Å². The lowest BCUT2D eigenvalue weighted by Crippen LogP contribution is -2.27. The molecule has 0 saturated carbocycles. The average molecular weight is 380 g/mol. The van der Waals surface area contributed by atoms with Gasteiger partial charge in [0.15, 0.2) is 0 Å². The van der Waals surface area contributed by atoms with E-state index >= 15 is 0 Å². The number of ether oxygens (including phenoxy) is 1. The van der Waals surface area contributed by atoms with E-state index < -0.39 is 0 Å². The van der Waals surface area contributed by atoms with E-state index in [0.717, 1.165) is 28.9 Å². The maximum Gasteiger partial charge on any atom is 0.261 e. The molecule has 1 aromatic heterocycles. The van der Waals surface area contributed by atoms with Crippen LogP contribution in [-0.2, 0) is 6.61 Å². The average Bonchev–Trinajstić information content (AvgIpc) is 3.16. The molecule has 4 heteroatoms. The predicted octanol–water partition coefficient (Wildman–Crippen LogP) is 5.83. The molecule has 2 aromatic carbocycles. The molecule has 0 radical (unpaired) electrons. The summed E-state index contributed by atoms with van der Waals surface area (Å²) in [7, 11) is 0. The van der Waals surface area contributed by atoms with Gasteiger partial charge >= 0.3 is 0 Å². The molecule has 3 aromatic rings. The van der Waals surface area contributed by atoms with E-state index in [2.05, 4.69) is 31.3 Å². The Morgan fingerprint density at radius 3 is 2.63 bits per heavy atom. The van der Waals surface area contributed by atoms with Crippen molar-refractivity contribution in [3.8, 4) is 5.75 Å². The zero-order valence-corrected chi connectivity index (χ0v) is 16.8. The maximum atomic E-state index is 12.6. The Kier molecular flexibility index (Phi) is 6.30. The van der Waals surface area contributed by atoms with Crippen molar-refractivity contribution in [2.75, 3.05) is 0 Å². The fourth-order valence-corrected chi connectivity index (χ4v) is 3.73. The summed E-state index contributed by atoms with van der Waals surface area (Å²) in [6, 6.07) is 18.2. The molecule has 1 N–H and O–H groups in total. The third kappa shape index (κ3) is 4.98. The highest BCUT2D eigenvalue weighted by Crippen LogP contribution is 2.23. The van der Waals surface area contributed by atoms with Crippen molar-refractivity contribution in [3.63, 3.8) is 0 Å². The van der Waals surface area contributed by atoms with Gasteiger partial charge in [-0.25, -0.2) is 0 Å². The topological polar surface area (TPSA) is 38.3 Å². The summed E-state index contributed by atoms with van der Waals surface area (Å²) in [5.74, 6) is 0.857. The molecule has 3 nitrogen and oxygen atoms in total. The van der Waals surface area contributed by atoms with E-state index in [1.807, 2.05) is 54.8 Å². The highest BCUT2D eigenvalue weighted by atomic mass is 32.1. The van der Waals surface area contributed by atoms with E-state index in [1.165, 1.54) is 16.9 Å². The van der Waals surface area contributed by atoms with Crippen LogP contribution in [0.4, 0.5) is 0 Å². The zero-order chi connectivity index (χ0) is 19.2. The molecule has 0 saturated heterocycles. The molecule has 140 valence electrons. The van der Waals surface area contributed by atoms with Crippen molar-refractivity contribution in [2.45, 2.75) is 39.8 Å².